The predicted octanol–water partition coefficient (Wildman–Crippen LogP) is 2.20. The highest BCUT2D eigenvalue weighted by atomic mass is 16.5. The van der Waals surface area contributed by atoms with Gasteiger partial charge in [0.05, 0.1) is 25.9 Å². The molecule has 2 unspecified atom stereocenters. The summed E-state index contributed by atoms with van der Waals surface area (Å²) in [7, 11) is 0. The van der Waals surface area contributed by atoms with E-state index >= 15 is 0 Å². The number of hydrogen-bond donors (Lipinski definition) is 2. The fourth-order valence-electron chi connectivity index (χ4n) is 3.01. The van der Waals surface area contributed by atoms with E-state index < -0.39 is 0 Å². The van der Waals surface area contributed by atoms with Crippen molar-refractivity contribution in [1.82, 2.24) is 10.2 Å². The van der Waals surface area contributed by atoms with E-state index in [1.807, 2.05) is 25.1 Å². The van der Waals surface area contributed by atoms with Crippen LogP contribution < -0.4 is 14.8 Å². The van der Waals surface area contributed by atoms with Gasteiger partial charge >= 0.3 is 0 Å². The van der Waals surface area contributed by atoms with Crippen molar-refractivity contribution in [1.29, 1.82) is 0 Å². The number of ether oxygens (including phenoxy) is 2. The first-order chi connectivity index (χ1) is 11.2. The molecule has 1 heterocycles. The van der Waals surface area contributed by atoms with Crippen LogP contribution in [0.25, 0.3) is 0 Å². The molecule has 0 aromatic heterocycles. The Bertz CT molecular complexity index is 481. The standard InChI is InChI=1S/C18H30N2O3/c1-4-10-23-17-7-6-15(11-18(17)22-5-2)16(13-21)20-9-8-19-14(3)12-20/h6-7,11,14,16,19,21H,4-5,8-10,12-13H2,1-3H3. The molecular formula is C18H30N2O3. The van der Waals surface area contributed by atoms with E-state index in [-0.39, 0.29) is 12.6 Å². The average molecular weight is 322 g/mol. The Balaban J connectivity index is 2.20. The van der Waals surface area contributed by atoms with Crippen molar-refractivity contribution in [2.24, 2.45) is 0 Å². The van der Waals surface area contributed by atoms with Gasteiger partial charge < -0.3 is 19.9 Å². The lowest BCUT2D eigenvalue weighted by molar-refractivity contribution is 0.0960. The summed E-state index contributed by atoms with van der Waals surface area (Å²) in [6.45, 7) is 10.4. The second-order valence-electron chi connectivity index (χ2n) is 6.04. The number of nitrogens with zero attached hydrogens (tertiary/aromatic N) is 1. The van der Waals surface area contributed by atoms with Gasteiger partial charge in [-0.3, -0.25) is 4.90 Å². The zero-order valence-corrected chi connectivity index (χ0v) is 14.5. The molecule has 2 atom stereocenters. The highest BCUT2D eigenvalue weighted by molar-refractivity contribution is 5.44. The van der Waals surface area contributed by atoms with E-state index in [1.54, 1.807) is 0 Å². The van der Waals surface area contributed by atoms with Crippen LogP contribution in [0.3, 0.4) is 0 Å². The normalized spacial score (nSPS) is 20.3. The molecule has 23 heavy (non-hydrogen) atoms. The molecule has 2 rings (SSSR count). The molecule has 0 saturated carbocycles. The van der Waals surface area contributed by atoms with Gasteiger partial charge in [-0.25, -0.2) is 0 Å². The molecule has 130 valence electrons. The maximum Gasteiger partial charge on any atom is 0.161 e. The Morgan fingerprint density at radius 1 is 1.30 bits per heavy atom. The smallest absolute Gasteiger partial charge is 0.161 e. The van der Waals surface area contributed by atoms with Crippen LogP contribution in [0.2, 0.25) is 0 Å². The van der Waals surface area contributed by atoms with Gasteiger partial charge in [0.25, 0.3) is 0 Å². The summed E-state index contributed by atoms with van der Waals surface area (Å²) >= 11 is 0. The van der Waals surface area contributed by atoms with Gasteiger partial charge in [-0.15, -0.1) is 0 Å². The molecule has 0 amide bonds. The molecular weight excluding hydrogens is 292 g/mol. The van der Waals surface area contributed by atoms with Crippen LogP contribution in [-0.4, -0.2) is 55.5 Å². The molecule has 5 nitrogen and oxygen atoms in total. The number of rotatable bonds is 8. The number of benzene rings is 1. The third kappa shape index (κ3) is 4.83. The van der Waals surface area contributed by atoms with Crippen molar-refractivity contribution in [3.63, 3.8) is 0 Å². The van der Waals surface area contributed by atoms with Crippen molar-refractivity contribution in [3.8, 4) is 11.5 Å². The summed E-state index contributed by atoms with van der Waals surface area (Å²) in [6, 6.07) is 6.46. The second-order valence-corrected chi connectivity index (χ2v) is 6.04. The Kier molecular flexibility index (Phi) is 7.15. The number of aliphatic hydroxyl groups excluding tert-OH is 1. The number of nitrogens with one attached hydrogen (secondary N) is 1. The van der Waals surface area contributed by atoms with Crippen LogP contribution in [0.5, 0.6) is 11.5 Å². The minimum atomic E-state index is -0.000943. The van der Waals surface area contributed by atoms with Crippen LogP contribution in [0.15, 0.2) is 18.2 Å². The summed E-state index contributed by atoms with van der Waals surface area (Å²) in [6.07, 6.45) is 0.964. The van der Waals surface area contributed by atoms with Gasteiger partial charge in [-0.1, -0.05) is 13.0 Å². The third-order valence-electron chi connectivity index (χ3n) is 4.13. The van der Waals surface area contributed by atoms with E-state index in [9.17, 15) is 5.11 Å². The van der Waals surface area contributed by atoms with Crippen LogP contribution >= 0.6 is 0 Å². The fourth-order valence-corrected chi connectivity index (χ4v) is 3.01. The minimum Gasteiger partial charge on any atom is -0.490 e. The van der Waals surface area contributed by atoms with E-state index in [4.69, 9.17) is 9.47 Å². The van der Waals surface area contributed by atoms with Crippen LogP contribution in [-0.2, 0) is 0 Å². The Morgan fingerprint density at radius 3 is 2.78 bits per heavy atom. The molecule has 1 fully saturated rings. The lowest BCUT2D eigenvalue weighted by Gasteiger charge is -2.37. The maximum absolute atomic E-state index is 9.92. The molecule has 0 bridgehead atoms. The van der Waals surface area contributed by atoms with Gasteiger partial charge in [-0.05, 0) is 38.0 Å². The van der Waals surface area contributed by atoms with Crippen LogP contribution in [0.1, 0.15) is 38.8 Å². The Morgan fingerprint density at radius 2 is 2.13 bits per heavy atom. The molecule has 0 radical (unpaired) electrons. The number of hydrogen-bond acceptors (Lipinski definition) is 5. The van der Waals surface area contributed by atoms with Gasteiger partial charge in [0.1, 0.15) is 0 Å². The van der Waals surface area contributed by atoms with Crippen molar-refractivity contribution in [3.05, 3.63) is 23.8 Å². The van der Waals surface area contributed by atoms with E-state index in [1.165, 1.54) is 0 Å². The van der Waals surface area contributed by atoms with E-state index in [2.05, 4.69) is 24.1 Å². The van der Waals surface area contributed by atoms with Gasteiger partial charge in [-0.2, -0.15) is 0 Å². The van der Waals surface area contributed by atoms with Crippen molar-refractivity contribution in [2.75, 3.05) is 39.5 Å². The SMILES string of the molecule is CCCOc1ccc(C(CO)N2CCNC(C)C2)cc1OCC. The first-order valence-corrected chi connectivity index (χ1v) is 8.67. The van der Waals surface area contributed by atoms with Gasteiger partial charge in [0, 0.05) is 25.7 Å². The summed E-state index contributed by atoms with van der Waals surface area (Å²) in [5.74, 6) is 1.54. The largest absolute Gasteiger partial charge is 0.490 e. The fraction of sp³-hybridized carbons (Fsp3) is 0.667. The summed E-state index contributed by atoms with van der Waals surface area (Å²) < 4.78 is 11.5. The summed E-state index contributed by atoms with van der Waals surface area (Å²) in [4.78, 5) is 2.33. The number of piperazine rings is 1. The minimum absolute atomic E-state index is 0.000943. The van der Waals surface area contributed by atoms with E-state index in [0.717, 1.165) is 43.1 Å². The molecule has 1 aliphatic rings. The van der Waals surface area contributed by atoms with Crippen LogP contribution in [0, 0.1) is 0 Å². The molecule has 0 aliphatic carbocycles. The molecule has 0 spiro atoms. The van der Waals surface area contributed by atoms with Crippen molar-refractivity contribution in [2.45, 2.75) is 39.3 Å². The van der Waals surface area contributed by atoms with Crippen molar-refractivity contribution < 1.29 is 14.6 Å². The first kappa shape index (κ1) is 18.0. The molecule has 2 N–H and O–H groups in total. The molecule has 1 aliphatic heterocycles. The lowest BCUT2D eigenvalue weighted by Crippen LogP contribution is -2.50. The van der Waals surface area contributed by atoms with Crippen LogP contribution in [0.4, 0.5) is 0 Å². The van der Waals surface area contributed by atoms with Gasteiger partial charge in [0.15, 0.2) is 11.5 Å². The van der Waals surface area contributed by atoms with E-state index in [0.29, 0.717) is 19.3 Å². The molecule has 1 saturated heterocycles. The lowest BCUT2D eigenvalue weighted by atomic mass is 10.0. The predicted molar refractivity (Wildman–Crippen MR) is 92.3 cm³/mol. The monoisotopic (exact) mass is 322 g/mol. The molecule has 1 aromatic rings. The highest BCUT2D eigenvalue weighted by Gasteiger charge is 2.25. The third-order valence-corrected chi connectivity index (χ3v) is 4.13. The zero-order chi connectivity index (χ0) is 16.7. The molecule has 5 heteroatoms. The summed E-state index contributed by atoms with van der Waals surface area (Å²) in [5.41, 5.74) is 1.08. The molecule has 1 aromatic carbocycles. The topological polar surface area (TPSA) is 54.0 Å². The maximum atomic E-state index is 9.92. The summed E-state index contributed by atoms with van der Waals surface area (Å²) in [5, 5.41) is 13.4. The van der Waals surface area contributed by atoms with Gasteiger partial charge in [0.2, 0.25) is 0 Å². The zero-order valence-electron chi connectivity index (χ0n) is 14.5. The first-order valence-electron chi connectivity index (χ1n) is 8.67. The second kappa shape index (κ2) is 9.11. The average Bonchev–Trinajstić information content (AvgIpc) is 2.55. The highest BCUT2D eigenvalue weighted by Crippen LogP contribution is 2.32. The Labute approximate surface area is 139 Å². The Hall–Kier alpha value is -1.30. The number of aliphatic hydroxyl groups is 1. The van der Waals surface area contributed by atoms with Crippen molar-refractivity contribution >= 4 is 0 Å². The quantitative estimate of drug-likeness (QED) is 0.768.